The van der Waals surface area contributed by atoms with Gasteiger partial charge in [-0.05, 0) is 46.2 Å². The fourth-order valence-corrected chi connectivity index (χ4v) is 4.81. The number of imide groups is 1. The van der Waals surface area contributed by atoms with Crippen LogP contribution in [0.1, 0.15) is 82.6 Å². The van der Waals surface area contributed by atoms with E-state index in [1.54, 1.807) is 27.7 Å². The third-order valence-corrected chi connectivity index (χ3v) is 5.99. The van der Waals surface area contributed by atoms with Crippen molar-refractivity contribution in [2.75, 3.05) is 18.4 Å². The molecule has 8 nitrogen and oxygen atoms in total. The van der Waals surface area contributed by atoms with Crippen molar-refractivity contribution in [1.82, 2.24) is 15.1 Å². The number of carbonyl (C=O) groups excluding carboxylic acids is 3. The molecular weight excluding hydrogens is 487 g/mol. The average Bonchev–Trinajstić information content (AvgIpc) is 3.15. The molecule has 2 fully saturated rings. The highest BCUT2D eigenvalue weighted by Gasteiger charge is 2.40. The van der Waals surface area contributed by atoms with Gasteiger partial charge in [-0.15, -0.1) is 0 Å². The van der Waals surface area contributed by atoms with Gasteiger partial charge in [0.25, 0.3) is 5.91 Å². The monoisotopic (exact) mass is 533 g/mol. The molecule has 0 aliphatic carbocycles. The van der Waals surface area contributed by atoms with Gasteiger partial charge in [-0.1, -0.05) is 24.3 Å². The Kier molecular flexibility index (Phi) is 4.11. The molecule has 38 heavy (non-hydrogen) atoms. The quantitative estimate of drug-likeness (QED) is 0.552. The maximum atomic E-state index is 16.3. The molecule has 0 aromatic heterocycles. The first kappa shape index (κ1) is 16.0. The van der Waals surface area contributed by atoms with Crippen LogP contribution in [-0.2, 0) is 33.8 Å². The zero-order valence-corrected chi connectivity index (χ0v) is 21.3. The Morgan fingerprint density at radius 2 is 1.82 bits per heavy atom. The third-order valence-electron chi connectivity index (χ3n) is 5.99. The third kappa shape index (κ3) is 5.31. The van der Waals surface area contributed by atoms with Crippen molar-refractivity contribution in [3.05, 3.63) is 64.5 Å². The molecule has 3 amide bonds. The predicted octanol–water partition coefficient (Wildman–Crippen LogP) is 3.59. The molecule has 0 radical (unpaired) electrons. The van der Waals surface area contributed by atoms with Gasteiger partial charge in [0.2, 0.25) is 11.8 Å². The SMILES string of the molecule is [2H]C([2H])(Nc1cccc2c1C([2H])([2H])N(C1([2H])C(=O)NC(=O)C([2H])([2H])C1([2H])[2H])C2=O)c1cccc(C([2H])([2H])N2CC(C)(C)OC(C)(C)C2)c1F. The summed E-state index contributed by atoms with van der Waals surface area (Å²) in [6.07, 6.45) is -7.34. The van der Waals surface area contributed by atoms with Crippen molar-refractivity contribution < 1.29 is 38.6 Å². The summed E-state index contributed by atoms with van der Waals surface area (Å²) >= 11 is 0. The molecule has 0 bridgehead atoms. The van der Waals surface area contributed by atoms with Gasteiger partial charge in [-0.3, -0.25) is 24.6 Å². The van der Waals surface area contributed by atoms with Gasteiger partial charge in [-0.2, -0.15) is 0 Å². The molecule has 3 heterocycles. The molecule has 2 saturated heterocycles. The summed E-state index contributed by atoms with van der Waals surface area (Å²) in [5.41, 5.74) is -4.43. The van der Waals surface area contributed by atoms with E-state index in [1.807, 2.05) is 0 Å². The topological polar surface area (TPSA) is 91.0 Å². The number of rotatable bonds is 6. The van der Waals surface area contributed by atoms with E-state index in [2.05, 4.69) is 5.32 Å². The zero-order chi connectivity index (χ0) is 37.1. The number of piperidine rings is 1. The van der Waals surface area contributed by atoms with Gasteiger partial charge < -0.3 is 15.0 Å². The number of nitrogens with one attached hydrogen (secondary N) is 2. The van der Waals surface area contributed by atoms with Crippen molar-refractivity contribution in [3.8, 4) is 0 Å². The average molecular weight is 534 g/mol. The van der Waals surface area contributed by atoms with Gasteiger partial charge >= 0.3 is 0 Å². The first-order valence-corrected chi connectivity index (χ1v) is 11.9. The number of carbonyl (C=O) groups is 3. The lowest BCUT2D eigenvalue weighted by molar-refractivity contribution is -0.182. The minimum Gasteiger partial charge on any atom is -0.381 e. The van der Waals surface area contributed by atoms with Crippen LogP contribution >= 0.6 is 0 Å². The standard InChI is InChI=1S/C29H35FN4O4/c1-28(2)16-33(17-29(3,4)38-28)14-19-8-5-7-18(25(19)30)13-31-22-10-6-9-20-21(22)15-34(27(20)37)23-11-12-24(35)32-26(23)36/h5-10,23,31H,11-17H2,1-4H3,(H,32,35,36)/i11D2,12D2,13D2,14D2,15D2,23D. The molecule has 1 atom stereocenters. The van der Waals surface area contributed by atoms with E-state index in [1.165, 1.54) is 28.4 Å². The van der Waals surface area contributed by atoms with Gasteiger partial charge in [-0.25, -0.2) is 4.39 Å². The van der Waals surface area contributed by atoms with Crippen LogP contribution in [0.2, 0.25) is 0 Å². The van der Waals surface area contributed by atoms with Gasteiger partial charge in [0, 0.05) is 75.1 Å². The van der Waals surface area contributed by atoms with Crippen LogP contribution in [0.15, 0.2) is 36.4 Å². The van der Waals surface area contributed by atoms with Gasteiger partial charge in [0.15, 0.2) is 0 Å². The fourth-order valence-electron chi connectivity index (χ4n) is 4.81. The number of hydrogen-bond acceptors (Lipinski definition) is 6. The smallest absolute Gasteiger partial charge is 0.255 e. The molecule has 1 unspecified atom stereocenters. The highest BCUT2D eigenvalue weighted by molar-refractivity contribution is 6.06. The first-order chi connectivity index (χ1) is 22.1. The summed E-state index contributed by atoms with van der Waals surface area (Å²) in [6.45, 7) is -1.42. The highest BCUT2D eigenvalue weighted by Crippen LogP contribution is 2.33. The largest absolute Gasteiger partial charge is 0.381 e. The summed E-state index contributed by atoms with van der Waals surface area (Å²) < 4.78 is 117. The van der Waals surface area contributed by atoms with E-state index in [4.69, 9.17) is 19.8 Å². The Bertz CT molecular complexity index is 1760. The second-order valence-electron chi connectivity index (χ2n) is 10.4. The Hall–Kier alpha value is -3.30. The Labute approximate surface area is 238 Å². The van der Waals surface area contributed by atoms with Gasteiger partial charge in [0.05, 0.1) is 18.1 Å². The summed E-state index contributed by atoms with van der Waals surface area (Å²) in [4.78, 5) is 40.1. The lowest BCUT2D eigenvalue weighted by atomic mass is 9.98. The van der Waals surface area contributed by atoms with E-state index in [-0.39, 0.29) is 18.0 Å². The fraction of sp³-hybridized carbons (Fsp3) is 0.483. The minimum absolute atomic E-state index is 0.0805. The molecule has 2 N–H and O–H groups in total. The van der Waals surface area contributed by atoms with Crippen molar-refractivity contribution >= 4 is 23.4 Å². The number of benzene rings is 2. The Morgan fingerprint density at radius 3 is 2.55 bits per heavy atom. The predicted molar refractivity (Wildman–Crippen MR) is 141 cm³/mol. The molecule has 9 heteroatoms. The van der Waals surface area contributed by atoms with E-state index >= 15 is 4.39 Å². The number of nitrogens with zero attached hydrogens (tertiary/aromatic N) is 2. The van der Waals surface area contributed by atoms with E-state index in [0.717, 1.165) is 18.2 Å². The minimum atomic E-state index is -3.78. The number of hydrogen-bond donors (Lipinski definition) is 2. The number of halogens is 1. The number of ether oxygens (including phenoxy) is 1. The number of morpholine rings is 1. The Balaban J connectivity index is 1.55. The summed E-state index contributed by atoms with van der Waals surface area (Å²) in [5.74, 6) is -6.20. The second kappa shape index (κ2) is 9.78. The van der Waals surface area contributed by atoms with E-state index in [9.17, 15) is 14.4 Å². The van der Waals surface area contributed by atoms with Crippen LogP contribution in [0.4, 0.5) is 10.1 Å². The van der Waals surface area contributed by atoms with Crippen LogP contribution in [0.25, 0.3) is 0 Å². The molecule has 5 rings (SSSR count). The summed E-state index contributed by atoms with van der Waals surface area (Å²) in [5, 5.41) is 3.87. The normalized spacial score (nSPS) is 33.8. The molecule has 0 saturated carbocycles. The molecule has 3 aliphatic heterocycles. The van der Waals surface area contributed by atoms with Crippen LogP contribution in [0, 0.1) is 5.82 Å². The maximum Gasteiger partial charge on any atom is 0.255 e. The first-order valence-electron chi connectivity index (χ1n) is 17.4. The molecule has 2 aromatic carbocycles. The van der Waals surface area contributed by atoms with Crippen LogP contribution < -0.4 is 10.6 Å². The van der Waals surface area contributed by atoms with E-state index in [0.29, 0.717) is 0 Å². The van der Waals surface area contributed by atoms with Crippen molar-refractivity contribution in [2.24, 2.45) is 0 Å². The molecule has 2 aromatic rings. The highest BCUT2D eigenvalue weighted by atomic mass is 19.1. The number of amides is 3. The van der Waals surface area contributed by atoms with E-state index < -0.39 is 101 Å². The number of anilines is 1. The molecular formula is C29H35FN4O4. The maximum absolute atomic E-state index is 16.3. The van der Waals surface area contributed by atoms with Crippen LogP contribution in [0.5, 0.6) is 0 Å². The summed E-state index contributed by atoms with van der Waals surface area (Å²) in [7, 11) is 0. The van der Waals surface area contributed by atoms with Crippen LogP contribution in [0.3, 0.4) is 0 Å². The van der Waals surface area contributed by atoms with Crippen molar-refractivity contribution in [1.29, 1.82) is 0 Å². The van der Waals surface area contributed by atoms with Crippen molar-refractivity contribution in [3.63, 3.8) is 0 Å². The second-order valence-corrected chi connectivity index (χ2v) is 10.4. The number of fused-ring (bicyclic) bond motifs is 1. The lowest BCUT2D eigenvalue weighted by Crippen LogP contribution is -2.56. The van der Waals surface area contributed by atoms with Crippen molar-refractivity contribution in [2.45, 2.75) is 77.2 Å². The molecule has 202 valence electrons. The van der Waals surface area contributed by atoms with Crippen LogP contribution in [-0.4, -0.2) is 57.8 Å². The molecule has 0 spiro atoms. The molecule has 3 aliphatic rings. The lowest BCUT2D eigenvalue weighted by Gasteiger charge is -2.47. The Morgan fingerprint density at radius 1 is 1.13 bits per heavy atom. The summed E-state index contributed by atoms with van der Waals surface area (Å²) in [6, 6.07) is 3.20. The van der Waals surface area contributed by atoms with Gasteiger partial charge in [0.1, 0.15) is 11.8 Å². The zero-order valence-electron chi connectivity index (χ0n) is 32.3.